The molecule has 0 fully saturated rings. The van der Waals surface area contributed by atoms with Crippen molar-refractivity contribution in [2.75, 3.05) is 0 Å². The largest absolute Gasteiger partial charge is 0.391 e. The van der Waals surface area contributed by atoms with Crippen LogP contribution in [0, 0.1) is 0 Å². The predicted molar refractivity (Wildman–Crippen MR) is 92.3 cm³/mol. The lowest BCUT2D eigenvalue weighted by Crippen LogP contribution is -2.53. The maximum atomic E-state index is 12.2. The summed E-state index contributed by atoms with van der Waals surface area (Å²) in [7, 11) is 0. The lowest BCUT2D eigenvalue weighted by molar-refractivity contribution is -0.137. The first-order chi connectivity index (χ1) is 11.9. The number of hydrogen-bond acceptors (Lipinski definition) is 5. The van der Waals surface area contributed by atoms with Crippen molar-refractivity contribution in [3.63, 3.8) is 0 Å². The minimum atomic E-state index is -1.30. The highest BCUT2D eigenvalue weighted by molar-refractivity contribution is 5.90. The fourth-order valence-electron chi connectivity index (χ4n) is 2.38. The number of hydroxylamine groups is 1. The van der Waals surface area contributed by atoms with Crippen LogP contribution in [0.5, 0.6) is 0 Å². The molecule has 0 saturated carbocycles. The van der Waals surface area contributed by atoms with Crippen LogP contribution in [0.3, 0.4) is 0 Å². The van der Waals surface area contributed by atoms with Crippen molar-refractivity contribution in [1.29, 1.82) is 0 Å². The first kappa shape index (κ1) is 18.6. The quantitative estimate of drug-likeness (QED) is 0.390. The second kappa shape index (κ2) is 8.39. The monoisotopic (exact) mass is 343 g/mol. The van der Waals surface area contributed by atoms with Gasteiger partial charge >= 0.3 is 0 Å². The average molecular weight is 343 g/mol. The number of hydrogen-bond donors (Lipinski definition) is 5. The van der Waals surface area contributed by atoms with Gasteiger partial charge in [-0.05, 0) is 23.6 Å². The second-order valence-corrected chi connectivity index (χ2v) is 5.67. The van der Waals surface area contributed by atoms with Crippen LogP contribution in [0.4, 0.5) is 0 Å². The van der Waals surface area contributed by atoms with Crippen LogP contribution in [0.1, 0.15) is 18.5 Å². The Morgan fingerprint density at radius 1 is 0.960 bits per heavy atom. The van der Waals surface area contributed by atoms with Gasteiger partial charge in [0, 0.05) is 0 Å². The van der Waals surface area contributed by atoms with Crippen molar-refractivity contribution in [1.82, 2.24) is 10.8 Å². The third-order valence-corrected chi connectivity index (χ3v) is 3.83. The molecule has 0 heterocycles. The standard InChI is InChI=1S/C18H21N3O4/c1-11(22)16(18(24)21-25)20-17(23)15(19)14-9-7-13(8-10-14)12-5-3-2-4-6-12/h2-11,15-16,22,25H,19H2,1H3,(H,20,23)(H,21,24)/t11-,15+,16+/m1/s1. The first-order valence-electron chi connectivity index (χ1n) is 7.77. The van der Waals surface area contributed by atoms with Crippen LogP contribution < -0.4 is 16.5 Å². The van der Waals surface area contributed by atoms with Gasteiger partial charge in [0.2, 0.25) is 5.91 Å². The van der Waals surface area contributed by atoms with Crippen LogP contribution in [0.15, 0.2) is 54.6 Å². The molecule has 2 aromatic rings. The van der Waals surface area contributed by atoms with Gasteiger partial charge in [0.25, 0.3) is 5.91 Å². The highest BCUT2D eigenvalue weighted by Crippen LogP contribution is 2.21. The van der Waals surface area contributed by atoms with Crippen LogP contribution >= 0.6 is 0 Å². The molecule has 6 N–H and O–H groups in total. The van der Waals surface area contributed by atoms with Crippen molar-refractivity contribution in [3.05, 3.63) is 60.2 Å². The molecule has 25 heavy (non-hydrogen) atoms. The van der Waals surface area contributed by atoms with E-state index in [-0.39, 0.29) is 0 Å². The van der Waals surface area contributed by atoms with E-state index < -0.39 is 30.0 Å². The van der Waals surface area contributed by atoms with Gasteiger partial charge in [-0.1, -0.05) is 54.6 Å². The molecule has 0 saturated heterocycles. The SMILES string of the molecule is C[C@@H](O)[C@H](NC(=O)[C@@H](N)c1ccc(-c2ccccc2)cc1)C(=O)NO. The van der Waals surface area contributed by atoms with Gasteiger partial charge in [0.15, 0.2) is 0 Å². The molecule has 2 rings (SSSR count). The number of aliphatic hydroxyl groups excluding tert-OH is 1. The zero-order valence-electron chi connectivity index (χ0n) is 13.7. The lowest BCUT2D eigenvalue weighted by Gasteiger charge is -2.21. The van der Waals surface area contributed by atoms with Crippen molar-refractivity contribution in [3.8, 4) is 11.1 Å². The minimum absolute atomic E-state index is 0.561. The molecule has 2 aromatic carbocycles. The molecule has 132 valence electrons. The zero-order valence-corrected chi connectivity index (χ0v) is 13.7. The lowest BCUT2D eigenvalue weighted by atomic mass is 10.0. The van der Waals surface area contributed by atoms with Crippen molar-refractivity contribution in [2.45, 2.75) is 25.1 Å². The van der Waals surface area contributed by atoms with Gasteiger partial charge in [0.1, 0.15) is 12.1 Å². The number of carbonyl (C=O) groups is 2. The average Bonchev–Trinajstić information content (AvgIpc) is 2.65. The van der Waals surface area contributed by atoms with E-state index in [0.717, 1.165) is 11.1 Å². The van der Waals surface area contributed by atoms with Gasteiger partial charge in [0.05, 0.1) is 6.10 Å². The molecular weight excluding hydrogens is 322 g/mol. The van der Waals surface area contributed by atoms with Crippen molar-refractivity contribution < 1.29 is 19.9 Å². The molecule has 3 atom stereocenters. The summed E-state index contributed by atoms with van der Waals surface area (Å²) >= 11 is 0. The molecule has 7 heteroatoms. The Labute approximate surface area is 145 Å². The van der Waals surface area contributed by atoms with Gasteiger partial charge < -0.3 is 16.2 Å². The van der Waals surface area contributed by atoms with Crippen LogP contribution in [-0.4, -0.2) is 34.3 Å². The molecule has 0 bridgehead atoms. The van der Waals surface area contributed by atoms with Crippen LogP contribution in [0.25, 0.3) is 11.1 Å². The number of amides is 2. The van der Waals surface area contributed by atoms with Gasteiger partial charge in [-0.25, -0.2) is 5.48 Å². The number of nitrogens with two attached hydrogens (primary N) is 1. The summed E-state index contributed by atoms with van der Waals surface area (Å²) in [6.07, 6.45) is -1.19. The molecular formula is C18H21N3O4. The van der Waals surface area contributed by atoms with E-state index in [2.05, 4.69) is 5.32 Å². The molecule has 0 unspecified atom stereocenters. The summed E-state index contributed by atoms with van der Waals surface area (Å²) in [6.45, 7) is 1.32. The molecule has 0 aliphatic carbocycles. The molecule has 0 aromatic heterocycles. The van der Waals surface area contributed by atoms with Gasteiger partial charge in [-0.3, -0.25) is 14.8 Å². The Morgan fingerprint density at radius 3 is 2.04 bits per heavy atom. The van der Waals surface area contributed by atoms with E-state index in [0.29, 0.717) is 5.56 Å². The molecule has 0 radical (unpaired) electrons. The highest BCUT2D eigenvalue weighted by Gasteiger charge is 2.28. The number of nitrogens with one attached hydrogen (secondary N) is 2. The molecule has 7 nitrogen and oxygen atoms in total. The first-order valence-corrected chi connectivity index (χ1v) is 7.77. The molecule has 0 aliphatic heterocycles. The smallest absolute Gasteiger partial charge is 0.268 e. The number of benzene rings is 2. The van der Waals surface area contributed by atoms with Crippen LogP contribution in [-0.2, 0) is 9.59 Å². The number of carbonyl (C=O) groups excluding carboxylic acids is 2. The van der Waals surface area contributed by atoms with Crippen molar-refractivity contribution >= 4 is 11.8 Å². The van der Waals surface area contributed by atoms with E-state index in [9.17, 15) is 14.7 Å². The Morgan fingerprint density at radius 2 is 1.52 bits per heavy atom. The van der Waals surface area contributed by atoms with Crippen molar-refractivity contribution in [2.24, 2.45) is 5.73 Å². The summed E-state index contributed by atoms with van der Waals surface area (Å²) in [6, 6.07) is 14.6. The zero-order chi connectivity index (χ0) is 18.4. The molecule has 0 aliphatic rings. The maximum absolute atomic E-state index is 12.2. The topological polar surface area (TPSA) is 125 Å². The number of rotatable bonds is 6. The molecule has 2 amide bonds. The third-order valence-electron chi connectivity index (χ3n) is 3.83. The Hall–Kier alpha value is -2.74. The summed E-state index contributed by atoms with van der Waals surface area (Å²) in [5.74, 6) is -1.56. The third kappa shape index (κ3) is 4.63. The summed E-state index contributed by atoms with van der Waals surface area (Å²) in [5.41, 5.74) is 9.92. The highest BCUT2D eigenvalue weighted by atomic mass is 16.5. The fourth-order valence-corrected chi connectivity index (χ4v) is 2.38. The Balaban J connectivity index is 2.10. The fraction of sp³-hybridized carbons (Fsp3) is 0.222. The van der Waals surface area contributed by atoms with E-state index >= 15 is 0 Å². The second-order valence-electron chi connectivity index (χ2n) is 5.67. The Kier molecular flexibility index (Phi) is 6.24. The van der Waals surface area contributed by atoms with E-state index in [1.807, 2.05) is 42.5 Å². The Bertz CT molecular complexity index is 717. The van der Waals surface area contributed by atoms with Gasteiger partial charge in [-0.15, -0.1) is 0 Å². The molecule has 0 spiro atoms. The summed E-state index contributed by atoms with van der Waals surface area (Å²) in [5, 5.41) is 20.5. The maximum Gasteiger partial charge on any atom is 0.268 e. The van der Waals surface area contributed by atoms with Crippen LogP contribution in [0.2, 0.25) is 0 Å². The predicted octanol–water partition coefficient (Wildman–Crippen LogP) is 0.724. The number of aliphatic hydroxyl groups is 1. The minimum Gasteiger partial charge on any atom is -0.391 e. The van der Waals surface area contributed by atoms with E-state index in [4.69, 9.17) is 10.9 Å². The normalized spacial score (nSPS) is 14.2. The van der Waals surface area contributed by atoms with Gasteiger partial charge in [-0.2, -0.15) is 0 Å². The summed E-state index contributed by atoms with van der Waals surface area (Å²) < 4.78 is 0. The summed E-state index contributed by atoms with van der Waals surface area (Å²) in [4.78, 5) is 23.7. The van der Waals surface area contributed by atoms with E-state index in [1.165, 1.54) is 12.4 Å². The van der Waals surface area contributed by atoms with E-state index in [1.54, 1.807) is 12.1 Å².